The summed E-state index contributed by atoms with van der Waals surface area (Å²) in [5.74, 6) is -3.46. The summed E-state index contributed by atoms with van der Waals surface area (Å²) in [6.07, 6.45) is 9.85. The van der Waals surface area contributed by atoms with Crippen LogP contribution in [-0.4, -0.2) is 59.5 Å². The SMILES string of the molecule is CCCCCCCCCCCCOC(=O)CC(O)(CC(=O)ON(C)C)C(=O)O. The number of aliphatic hydroxyl groups is 1. The Morgan fingerprint density at radius 2 is 1.29 bits per heavy atom. The molecule has 0 aromatic carbocycles. The molecule has 8 heteroatoms. The van der Waals surface area contributed by atoms with Crippen LogP contribution in [0, 0.1) is 0 Å². The topological polar surface area (TPSA) is 113 Å². The summed E-state index contributed by atoms with van der Waals surface area (Å²) < 4.78 is 5.00. The molecule has 28 heavy (non-hydrogen) atoms. The molecule has 0 bridgehead atoms. The van der Waals surface area contributed by atoms with Crippen molar-refractivity contribution in [2.45, 2.75) is 89.6 Å². The van der Waals surface area contributed by atoms with Crippen LogP contribution in [0.2, 0.25) is 0 Å². The molecule has 8 nitrogen and oxygen atoms in total. The van der Waals surface area contributed by atoms with Crippen LogP contribution >= 0.6 is 0 Å². The van der Waals surface area contributed by atoms with E-state index in [1.54, 1.807) is 0 Å². The van der Waals surface area contributed by atoms with Gasteiger partial charge in [0, 0.05) is 14.1 Å². The first-order valence-electron chi connectivity index (χ1n) is 10.2. The van der Waals surface area contributed by atoms with Crippen molar-refractivity contribution in [2.24, 2.45) is 0 Å². The second-order valence-electron chi connectivity index (χ2n) is 7.37. The first kappa shape index (κ1) is 26.3. The maximum Gasteiger partial charge on any atom is 0.336 e. The summed E-state index contributed by atoms with van der Waals surface area (Å²) in [4.78, 5) is 39.3. The highest BCUT2D eigenvalue weighted by atomic mass is 16.7. The Morgan fingerprint density at radius 1 is 0.821 bits per heavy atom. The van der Waals surface area contributed by atoms with Gasteiger partial charge in [-0.2, -0.15) is 0 Å². The van der Waals surface area contributed by atoms with E-state index in [9.17, 15) is 19.5 Å². The summed E-state index contributed by atoms with van der Waals surface area (Å²) in [5.41, 5.74) is -2.54. The third-order valence-corrected chi connectivity index (χ3v) is 4.32. The van der Waals surface area contributed by atoms with Crippen LogP contribution in [0.3, 0.4) is 0 Å². The summed E-state index contributed by atoms with van der Waals surface area (Å²) in [7, 11) is 2.89. The zero-order chi connectivity index (χ0) is 21.4. The van der Waals surface area contributed by atoms with Crippen LogP contribution in [-0.2, 0) is 24.0 Å². The van der Waals surface area contributed by atoms with Crippen LogP contribution in [0.1, 0.15) is 84.0 Å². The minimum Gasteiger partial charge on any atom is -0.479 e. The molecule has 1 atom stereocenters. The van der Waals surface area contributed by atoms with Crippen molar-refractivity contribution in [3.63, 3.8) is 0 Å². The fourth-order valence-electron chi connectivity index (χ4n) is 2.75. The van der Waals surface area contributed by atoms with Crippen LogP contribution in [0.25, 0.3) is 0 Å². The average molecular weight is 404 g/mol. The second-order valence-corrected chi connectivity index (χ2v) is 7.37. The molecule has 0 aromatic rings. The lowest BCUT2D eigenvalue weighted by Gasteiger charge is -2.22. The van der Waals surface area contributed by atoms with E-state index < -0.39 is 36.4 Å². The zero-order valence-electron chi connectivity index (χ0n) is 17.6. The maximum atomic E-state index is 11.8. The average Bonchev–Trinajstić information content (AvgIpc) is 2.58. The Kier molecular flexibility index (Phi) is 14.4. The lowest BCUT2D eigenvalue weighted by Crippen LogP contribution is -2.44. The number of nitrogens with zero attached hydrogens (tertiary/aromatic N) is 1. The van der Waals surface area contributed by atoms with Gasteiger partial charge in [0.05, 0.1) is 19.4 Å². The highest BCUT2D eigenvalue weighted by Gasteiger charge is 2.42. The van der Waals surface area contributed by atoms with Gasteiger partial charge in [-0.1, -0.05) is 64.7 Å². The minimum atomic E-state index is -2.54. The molecule has 0 amide bonds. The van der Waals surface area contributed by atoms with Gasteiger partial charge in [-0.05, 0) is 6.42 Å². The molecule has 0 saturated heterocycles. The molecule has 164 valence electrons. The summed E-state index contributed by atoms with van der Waals surface area (Å²) in [6, 6.07) is 0. The number of carboxylic acid groups (broad SMARTS) is 1. The lowest BCUT2D eigenvalue weighted by atomic mass is 9.96. The number of carbonyl (C=O) groups excluding carboxylic acids is 2. The smallest absolute Gasteiger partial charge is 0.336 e. The van der Waals surface area contributed by atoms with Gasteiger partial charge in [0.2, 0.25) is 0 Å². The van der Waals surface area contributed by atoms with Crippen molar-refractivity contribution < 1.29 is 34.2 Å². The Balaban J connectivity index is 3.95. The Bertz CT molecular complexity index is 467. The van der Waals surface area contributed by atoms with Crippen molar-refractivity contribution in [1.29, 1.82) is 0 Å². The summed E-state index contributed by atoms with van der Waals surface area (Å²) >= 11 is 0. The van der Waals surface area contributed by atoms with Crippen molar-refractivity contribution in [1.82, 2.24) is 5.06 Å². The predicted molar refractivity (Wildman–Crippen MR) is 104 cm³/mol. The molecule has 1 unspecified atom stereocenters. The number of aliphatic carboxylic acids is 1. The molecular formula is C20H37NO7. The number of carboxylic acids is 1. The second kappa shape index (κ2) is 15.3. The predicted octanol–water partition coefficient (Wildman–Crippen LogP) is 3.07. The Morgan fingerprint density at radius 3 is 1.75 bits per heavy atom. The number of hydrogen-bond donors (Lipinski definition) is 2. The van der Waals surface area contributed by atoms with Crippen molar-refractivity contribution in [3.05, 3.63) is 0 Å². The number of rotatable bonds is 17. The van der Waals surface area contributed by atoms with E-state index in [1.807, 2.05) is 0 Å². The first-order valence-corrected chi connectivity index (χ1v) is 10.2. The Labute approximate surface area is 168 Å². The van der Waals surface area contributed by atoms with E-state index in [1.165, 1.54) is 52.6 Å². The van der Waals surface area contributed by atoms with E-state index in [2.05, 4.69) is 11.8 Å². The van der Waals surface area contributed by atoms with E-state index >= 15 is 0 Å². The summed E-state index contributed by atoms with van der Waals surface area (Å²) in [5, 5.41) is 20.3. The van der Waals surface area contributed by atoms with Gasteiger partial charge in [0.1, 0.15) is 0 Å². The fourth-order valence-corrected chi connectivity index (χ4v) is 2.75. The first-order chi connectivity index (χ1) is 13.2. The molecular weight excluding hydrogens is 366 g/mol. The van der Waals surface area contributed by atoms with Gasteiger partial charge in [-0.3, -0.25) is 9.59 Å². The third-order valence-electron chi connectivity index (χ3n) is 4.32. The van der Waals surface area contributed by atoms with Gasteiger partial charge < -0.3 is 19.8 Å². The molecule has 0 rings (SSSR count). The van der Waals surface area contributed by atoms with Crippen LogP contribution in [0.5, 0.6) is 0 Å². The molecule has 0 heterocycles. The molecule has 0 radical (unpaired) electrons. The van der Waals surface area contributed by atoms with Gasteiger partial charge >= 0.3 is 17.9 Å². The van der Waals surface area contributed by atoms with Gasteiger partial charge in [0.25, 0.3) is 0 Å². The third kappa shape index (κ3) is 13.5. The van der Waals surface area contributed by atoms with Crippen molar-refractivity contribution in [2.75, 3.05) is 20.7 Å². The molecule has 0 spiro atoms. The normalized spacial score (nSPS) is 13.2. The van der Waals surface area contributed by atoms with E-state index in [0.717, 1.165) is 24.3 Å². The minimum absolute atomic E-state index is 0.174. The monoisotopic (exact) mass is 403 g/mol. The van der Waals surface area contributed by atoms with Gasteiger partial charge in [0.15, 0.2) is 5.60 Å². The van der Waals surface area contributed by atoms with Crippen LogP contribution < -0.4 is 0 Å². The fraction of sp³-hybridized carbons (Fsp3) is 0.850. The molecule has 0 aromatic heterocycles. The number of esters is 1. The lowest BCUT2D eigenvalue weighted by molar-refractivity contribution is -0.189. The van der Waals surface area contributed by atoms with Crippen LogP contribution in [0.4, 0.5) is 0 Å². The number of hydroxylamine groups is 2. The molecule has 0 aliphatic rings. The zero-order valence-corrected chi connectivity index (χ0v) is 17.6. The number of carbonyl (C=O) groups is 3. The van der Waals surface area contributed by atoms with Crippen LogP contribution in [0.15, 0.2) is 0 Å². The summed E-state index contributed by atoms with van der Waals surface area (Å²) in [6.45, 7) is 2.38. The molecule has 0 saturated carbocycles. The number of ether oxygens (including phenoxy) is 1. The van der Waals surface area contributed by atoms with Crippen molar-refractivity contribution in [3.8, 4) is 0 Å². The molecule has 0 fully saturated rings. The molecule has 2 N–H and O–H groups in total. The largest absolute Gasteiger partial charge is 0.479 e. The highest BCUT2D eigenvalue weighted by Crippen LogP contribution is 2.18. The number of hydrogen-bond acceptors (Lipinski definition) is 7. The number of unbranched alkanes of at least 4 members (excludes halogenated alkanes) is 9. The quantitative estimate of drug-likeness (QED) is 0.216. The standard InChI is InChI=1S/C20H37NO7/c1-4-5-6-7-8-9-10-11-12-13-14-27-17(22)15-20(26,19(24)25)16-18(23)28-21(2)3/h26H,4-16H2,1-3H3,(H,24,25). The van der Waals surface area contributed by atoms with Gasteiger partial charge in [-0.25, -0.2) is 4.79 Å². The maximum absolute atomic E-state index is 11.8. The molecule has 0 aliphatic carbocycles. The molecule has 0 aliphatic heterocycles. The van der Waals surface area contributed by atoms with E-state index in [0.29, 0.717) is 6.42 Å². The Hall–Kier alpha value is -1.67. The highest BCUT2D eigenvalue weighted by molar-refractivity contribution is 5.88. The van der Waals surface area contributed by atoms with Crippen molar-refractivity contribution >= 4 is 17.9 Å². The van der Waals surface area contributed by atoms with E-state index in [4.69, 9.17) is 9.84 Å². The van der Waals surface area contributed by atoms with E-state index in [-0.39, 0.29) is 6.61 Å². The van der Waals surface area contributed by atoms with Gasteiger partial charge in [-0.15, -0.1) is 5.06 Å².